The summed E-state index contributed by atoms with van der Waals surface area (Å²) in [6.07, 6.45) is 0.0723. The molecule has 0 aliphatic carbocycles. The normalized spacial score (nSPS) is 13.6. The molecular formula is C25H23FN2O3. The van der Waals surface area contributed by atoms with Crippen molar-refractivity contribution in [3.8, 4) is 5.75 Å². The van der Waals surface area contributed by atoms with Crippen molar-refractivity contribution in [2.75, 3.05) is 12.4 Å². The van der Waals surface area contributed by atoms with Gasteiger partial charge in [0.25, 0.3) is 5.91 Å². The van der Waals surface area contributed by atoms with E-state index in [1.54, 1.807) is 25.0 Å². The Balaban J connectivity index is 1.61. The van der Waals surface area contributed by atoms with Gasteiger partial charge in [0.2, 0.25) is 5.91 Å². The van der Waals surface area contributed by atoms with Crippen molar-refractivity contribution in [3.05, 3.63) is 94.8 Å². The smallest absolute Gasteiger partial charge is 0.255 e. The molecule has 5 nitrogen and oxygen atoms in total. The number of carbonyl (C=O) groups excluding carboxylic acids is 2. The van der Waals surface area contributed by atoms with Crippen LogP contribution in [0.2, 0.25) is 0 Å². The van der Waals surface area contributed by atoms with Gasteiger partial charge >= 0.3 is 0 Å². The standard InChI is InChI=1S/C25H23FN2O3/c1-16-13-19(26)9-12-22(16)27-24(29)14-23(17-7-10-20(31-2)11-8-17)28-15-18-5-3-4-6-21(18)25(28)30/h3-13,23H,14-15H2,1-2H3,(H,27,29). The van der Waals surface area contributed by atoms with Crippen LogP contribution in [0.4, 0.5) is 10.1 Å². The molecule has 3 aromatic rings. The van der Waals surface area contributed by atoms with Gasteiger partial charge < -0.3 is 15.0 Å². The Morgan fingerprint density at radius 1 is 1.13 bits per heavy atom. The summed E-state index contributed by atoms with van der Waals surface area (Å²) in [4.78, 5) is 27.7. The zero-order valence-electron chi connectivity index (χ0n) is 17.4. The first kappa shape index (κ1) is 20.6. The molecular weight excluding hydrogens is 395 g/mol. The summed E-state index contributed by atoms with van der Waals surface area (Å²) < 4.78 is 18.6. The summed E-state index contributed by atoms with van der Waals surface area (Å²) in [5.41, 5.74) is 3.64. The van der Waals surface area contributed by atoms with Crippen molar-refractivity contribution in [1.82, 2.24) is 4.90 Å². The van der Waals surface area contributed by atoms with E-state index in [0.717, 1.165) is 11.1 Å². The first-order chi connectivity index (χ1) is 15.0. The number of fused-ring (bicyclic) bond motifs is 1. The summed E-state index contributed by atoms with van der Waals surface area (Å²) >= 11 is 0. The number of hydrogen-bond acceptors (Lipinski definition) is 3. The molecule has 6 heteroatoms. The van der Waals surface area contributed by atoms with Crippen LogP contribution >= 0.6 is 0 Å². The zero-order valence-corrected chi connectivity index (χ0v) is 17.4. The molecule has 158 valence electrons. The van der Waals surface area contributed by atoms with Crippen LogP contribution in [-0.2, 0) is 11.3 Å². The molecule has 0 fully saturated rings. The molecule has 4 rings (SSSR count). The van der Waals surface area contributed by atoms with Crippen LogP contribution in [0.1, 0.15) is 39.5 Å². The summed E-state index contributed by atoms with van der Waals surface area (Å²) in [6, 6.07) is 18.6. The van der Waals surface area contributed by atoms with Crippen LogP contribution in [0.3, 0.4) is 0 Å². The molecule has 31 heavy (non-hydrogen) atoms. The molecule has 0 spiro atoms. The lowest BCUT2D eigenvalue weighted by atomic mass is 10.0. The number of nitrogens with zero attached hydrogens (tertiary/aromatic N) is 1. The van der Waals surface area contributed by atoms with Gasteiger partial charge in [-0.15, -0.1) is 0 Å². The van der Waals surface area contributed by atoms with Crippen LogP contribution in [-0.4, -0.2) is 23.8 Å². The van der Waals surface area contributed by atoms with E-state index in [4.69, 9.17) is 4.74 Å². The molecule has 1 aliphatic rings. The predicted molar refractivity (Wildman–Crippen MR) is 116 cm³/mol. The third kappa shape index (κ3) is 4.28. The lowest BCUT2D eigenvalue weighted by Gasteiger charge is -2.28. The number of ether oxygens (including phenoxy) is 1. The van der Waals surface area contributed by atoms with Gasteiger partial charge in [-0.25, -0.2) is 4.39 Å². The van der Waals surface area contributed by atoms with Gasteiger partial charge in [-0.1, -0.05) is 30.3 Å². The van der Waals surface area contributed by atoms with Crippen molar-refractivity contribution in [1.29, 1.82) is 0 Å². The van der Waals surface area contributed by atoms with Crippen molar-refractivity contribution < 1.29 is 18.7 Å². The molecule has 1 unspecified atom stereocenters. The van der Waals surface area contributed by atoms with Crippen LogP contribution in [0, 0.1) is 12.7 Å². The number of rotatable bonds is 6. The number of nitrogens with one attached hydrogen (secondary N) is 1. The van der Waals surface area contributed by atoms with Crippen LogP contribution < -0.4 is 10.1 Å². The number of carbonyl (C=O) groups is 2. The van der Waals surface area contributed by atoms with Gasteiger partial charge in [0.1, 0.15) is 11.6 Å². The lowest BCUT2D eigenvalue weighted by Crippen LogP contribution is -2.32. The Hall–Kier alpha value is -3.67. The Labute approximate surface area is 180 Å². The van der Waals surface area contributed by atoms with Gasteiger partial charge in [0.15, 0.2) is 0 Å². The highest BCUT2D eigenvalue weighted by Crippen LogP contribution is 2.34. The fraction of sp³-hybridized carbons (Fsp3) is 0.200. The maximum atomic E-state index is 13.4. The van der Waals surface area contributed by atoms with E-state index in [0.29, 0.717) is 29.1 Å². The zero-order chi connectivity index (χ0) is 22.0. The Morgan fingerprint density at radius 2 is 1.87 bits per heavy atom. The summed E-state index contributed by atoms with van der Waals surface area (Å²) in [7, 11) is 1.59. The molecule has 1 heterocycles. The molecule has 2 amide bonds. The highest BCUT2D eigenvalue weighted by molar-refractivity contribution is 5.99. The van der Waals surface area contributed by atoms with E-state index in [-0.39, 0.29) is 24.1 Å². The second-order valence-electron chi connectivity index (χ2n) is 7.59. The molecule has 0 aromatic heterocycles. The van der Waals surface area contributed by atoms with Gasteiger partial charge in [0.05, 0.1) is 19.6 Å². The number of amides is 2. The highest BCUT2D eigenvalue weighted by atomic mass is 19.1. The number of benzene rings is 3. The topological polar surface area (TPSA) is 58.6 Å². The first-order valence-corrected chi connectivity index (χ1v) is 10.0. The number of anilines is 1. The maximum Gasteiger partial charge on any atom is 0.255 e. The summed E-state index contributed by atoms with van der Waals surface area (Å²) in [5, 5.41) is 2.85. The van der Waals surface area contributed by atoms with Crippen molar-refractivity contribution >= 4 is 17.5 Å². The molecule has 1 atom stereocenters. The van der Waals surface area contributed by atoms with E-state index in [1.807, 2.05) is 48.5 Å². The SMILES string of the molecule is COc1ccc(C(CC(=O)Nc2ccc(F)cc2C)N2Cc3ccccc3C2=O)cc1. The fourth-order valence-electron chi connectivity index (χ4n) is 3.91. The number of hydrogen-bond donors (Lipinski definition) is 1. The average molecular weight is 418 g/mol. The molecule has 0 bridgehead atoms. The van der Waals surface area contributed by atoms with Crippen molar-refractivity contribution in [3.63, 3.8) is 0 Å². The summed E-state index contributed by atoms with van der Waals surface area (Å²) in [6.45, 7) is 2.18. The minimum absolute atomic E-state index is 0.0723. The third-order valence-electron chi connectivity index (χ3n) is 5.57. The van der Waals surface area contributed by atoms with Gasteiger partial charge in [-0.3, -0.25) is 9.59 Å². The van der Waals surface area contributed by atoms with E-state index >= 15 is 0 Å². The molecule has 3 aromatic carbocycles. The molecule has 1 N–H and O–H groups in total. The van der Waals surface area contributed by atoms with Crippen LogP contribution in [0.5, 0.6) is 5.75 Å². The first-order valence-electron chi connectivity index (χ1n) is 10.0. The maximum absolute atomic E-state index is 13.4. The Bertz CT molecular complexity index is 1130. The predicted octanol–water partition coefficient (Wildman–Crippen LogP) is 4.87. The Morgan fingerprint density at radius 3 is 2.55 bits per heavy atom. The highest BCUT2D eigenvalue weighted by Gasteiger charge is 2.34. The largest absolute Gasteiger partial charge is 0.497 e. The second-order valence-corrected chi connectivity index (χ2v) is 7.59. The number of methoxy groups -OCH3 is 1. The number of halogens is 1. The quantitative estimate of drug-likeness (QED) is 0.621. The van der Waals surface area contributed by atoms with Gasteiger partial charge in [-0.2, -0.15) is 0 Å². The minimum atomic E-state index is -0.452. The monoisotopic (exact) mass is 418 g/mol. The van der Waals surface area contributed by atoms with Crippen molar-refractivity contribution in [2.45, 2.75) is 25.9 Å². The molecule has 0 radical (unpaired) electrons. The molecule has 0 saturated heterocycles. The van der Waals surface area contributed by atoms with Crippen LogP contribution in [0.25, 0.3) is 0 Å². The summed E-state index contributed by atoms with van der Waals surface area (Å²) in [5.74, 6) is -0.00146. The second kappa shape index (κ2) is 8.60. The average Bonchev–Trinajstić information content (AvgIpc) is 3.11. The van der Waals surface area contributed by atoms with Crippen molar-refractivity contribution in [2.24, 2.45) is 0 Å². The van der Waals surface area contributed by atoms with E-state index < -0.39 is 6.04 Å². The van der Waals surface area contributed by atoms with E-state index in [1.165, 1.54) is 12.1 Å². The van der Waals surface area contributed by atoms with Gasteiger partial charge in [-0.05, 0) is 60.0 Å². The van der Waals surface area contributed by atoms with Crippen LogP contribution in [0.15, 0.2) is 66.7 Å². The lowest BCUT2D eigenvalue weighted by molar-refractivity contribution is -0.117. The number of aryl methyl sites for hydroxylation is 1. The molecule has 1 aliphatic heterocycles. The van der Waals surface area contributed by atoms with E-state index in [2.05, 4.69) is 5.32 Å². The Kier molecular flexibility index (Phi) is 5.71. The third-order valence-corrected chi connectivity index (χ3v) is 5.57. The van der Waals surface area contributed by atoms with E-state index in [9.17, 15) is 14.0 Å². The fourth-order valence-corrected chi connectivity index (χ4v) is 3.91. The molecule has 0 saturated carbocycles. The minimum Gasteiger partial charge on any atom is -0.497 e. The van der Waals surface area contributed by atoms with Gasteiger partial charge in [0, 0.05) is 17.8 Å².